The summed E-state index contributed by atoms with van der Waals surface area (Å²) >= 11 is 1.55. The highest BCUT2D eigenvalue weighted by atomic mass is 32.1. The number of rotatable bonds is 9. The van der Waals surface area contributed by atoms with Gasteiger partial charge in [-0.05, 0) is 43.4 Å². The van der Waals surface area contributed by atoms with Crippen LogP contribution in [-0.4, -0.2) is 72.4 Å². The summed E-state index contributed by atoms with van der Waals surface area (Å²) in [6, 6.07) is 8.20. The normalized spacial score (nSPS) is 17.7. The van der Waals surface area contributed by atoms with E-state index in [4.69, 9.17) is 9.72 Å². The molecule has 2 N–H and O–H groups in total. The van der Waals surface area contributed by atoms with E-state index in [2.05, 4.69) is 25.6 Å². The monoisotopic (exact) mass is 504 g/mol. The van der Waals surface area contributed by atoms with Crippen molar-refractivity contribution in [1.82, 2.24) is 20.2 Å². The number of hydrogen-bond acceptors (Lipinski definition) is 7. The Balaban J connectivity index is 1.11. The fraction of sp³-hybridized carbons (Fsp3) is 0.444. The summed E-state index contributed by atoms with van der Waals surface area (Å²) in [6.07, 6.45) is 8.25. The van der Waals surface area contributed by atoms with Gasteiger partial charge in [-0.25, -0.2) is 9.98 Å². The molecule has 0 atom stereocenters. The fourth-order valence-corrected chi connectivity index (χ4v) is 5.85. The number of hydrogen-bond donors (Lipinski definition) is 2. The largest absolute Gasteiger partial charge is 0.492 e. The van der Waals surface area contributed by atoms with E-state index >= 15 is 0 Å². The van der Waals surface area contributed by atoms with Crippen LogP contribution in [0, 0.1) is 0 Å². The fourth-order valence-electron chi connectivity index (χ4n) is 4.93. The van der Waals surface area contributed by atoms with Crippen molar-refractivity contribution in [3.8, 4) is 17.0 Å². The molecule has 3 aromatic rings. The number of amides is 1. The molecule has 188 valence electrons. The quantitative estimate of drug-likeness (QED) is 0.463. The van der Waals surface area contributed by atoms with E-state index in [0.29, 0.717) is 13.0 Å². The molecule has 1 aliphatic carbocycles. The molecule has 1 amide bonds. The Morgan fingerprint density at radius 2 is 2.14 bits per heavy atom. The highest BCUT2D eigenvalue weighted by Gasteiger charge is 2.35. The summed E-state index contributed by atoms with van der Waals surface area (Å²) in [5, 5.41) is 6.22. The van der Waals surface area contributed by atoms with Crippen molar-refractivity contribution in [1.29, 1.82) is 0 Å². The van der Waals surface area contributed by atoms with Gasteiger partial charge in [0.1, 0.15) is 18.2 Å². The standard InChI is InChI=1S/C27H32N6O2S/c34-25(16-19-3-1-4-21(15-19)35-14-13-32-11-9-28-10-12-32)33(20-6-7-20)27-31-24(18-36-27)23-17-30-26-22(23)5-2-8-29-26/h1,3-4,8,15,17-18,20,28,30H,2,5-7,9-14,16H2. The van der Waals surface area contributed by atoms with Crippen LogP contribution in [-0.2, 0) is 17.6 Å². The zero-order chi connectivity index (χ0) is 24.3. The first-order valence-electron chi connectivity index (χ1n) is 12.9. The van der Waals surface area contributed by atoms with Gasteiger partial charge >= 0.3 is 0 Å². The minimum absolute atomic E-state index is 0.0945. The topological polar surface area (TPSA) is 85.9 Å². The lowest BCUT2D eigenvalue weighted by Crippen LogP contribution is -2.44. The molecule has 2 fully saturated rings. The summed E-state index contributed by atoms with van der Waals surface area (Å²) in [7, 11) is 0. The van der Waals surface area contributed by atoms with Crippen LogP contribution < -0.4 is 15.0 Å². The molecule has 1 saturated heterocycles. The third-order valence-electron chi connectivity index (χ3n) is 7.00. The van der Waals surface area contributed by atoms with Crippen LogP contribution in [0.5, 0.6) is 5.75 Å². The summed E-state index contributed by atoms with van der Waals surface area (Å²) in [4.78, 5) is 30.4. The van der Waals surface area contributed by atoms with E-state index in [1.54, 1.807) is 11.3 Å². The Morgan fingerprint density at radius 3 is 3.00 bits per heavy atom. The second-order valence-corrected chi connectivity index (χ2v) is 10.5. The number of aromatic amines is 1. The Labute approximate surface area is 215 Å². The van der Waals surface area contributed by atoms with Crippen LogP contribution in [0.25, 0.3) is 11.3 Å². The number of H-pyrrole nitrogens is 1. The maximum atomic E-state index is 13.5. The van der Waals surface area contributed by atoms with Crippen LogP contribution >= 0.6 is 11.3 Å². The number of anilines is 1. The highest BCUT2D eigenvalue weighted by molar-refractivity contribution is 7.14. The van der Waals surface area contributed by atoms with Gasteiger partial charge < -0.3 is 15.0 Å². The van der Waals surface area contributed by atoms with Gasteiger partial charge in [0.2, 0.25) is 5.91 Å². The molecule has 1 aromatic carbocycles. The molecule has 9 heteroatoms. The summed E-state index contributed by atoms with van der Waals surface area (Å²) in [5.41, 5.74) is 4.20. The van der Waals surface area contributed by atoms with Gasteiger partial charge in [0.05, 0.1) is 12.1 Å². The van der Waals surface area contributed by atoms with Crippen molar-refractivity contribution in [2.75, 3.05) is 44.2 Å². The van der Waals surface area contributed by atoms with Gasteiger partial charge in [-0.3, -0.25) is 14.6 Å². The molecular formula is C27H32N6O2S. The number of aliphatic imine (C=N–C) groups is 1. The number of aromatic nitrogens is 2. The van der Waals surface area contributed by atoms with Crippen LogP contribution in [0.4, 0.5) is 10.9 Å². The van der Waals surface area contributed by atoms with Crippen molar-refractivity contribution in [3.63, 3.8) is 0 Å². The van der Waals surface area contributed by atoms with Gasteiger partial charge in [-0.15, -0.1) is 11.3 Å². The smallest absolute Gasteiger partial charge is 0.233 e. The molecular weight excluding hydrogens is 472 g/mol. The average Bonchev–Trinajstić information content (AvgIpc) is 3.45. The van der Waals surface area contributed by atoms with Crippen LogP contribution in [0.3, 0.4) is 0 Å². The molecule has 0 unspecified atom stereocenters. The lowest BCUT2D eigenvalue weighted by atomic mass is 10.0. The number of fused-ring (bicyclic) bond motifs is 1. The van der Waals surface area contributed by atoms with E-state index in [1.807, 2.05) is 41.6 Å². The van der Waals surface area contributed by atoms with Crippen molar-refractivity contribution < 1.29 is 9.53 Å². The Morgan fingerprint density at radius 1 is 1.25 bits per heavy atom. The Bertz CT molecular complexity index is 1240. The zero-order valence-electron chi connectivity index (χ0n) is 20.4. The van der Waals surface area contributed by atoms with Crippen LogP contribution in [0.1, 0.15) is 30.4 Å². The van der Waals surface area contributed by atoms with Gasteiger partial charge in [-0.1, -0.05) is 12.1 Å². The first kappa shape index (κ1) is 23.4. The van der Waals surface area contributed by atoms with Crippen molar-refractivity contribution >= 4 is 34.4 Å². The van der Waals surface area contributed by atoms with Crippen molar-refractivity contribution in [2.24, 2.45) is 4.99 Å². The predicted octanol–water partition coefficient (Wildman–Crippen LogP) is 3.81. The van der Waals surface area contributed by atoms with E-state index in [9.17, 15) is 4.79 Å². The number of piperazine rings is 1. The second kappa shape index (κ2) is 10.5. The molecule has 8 nitrogen and oxygen atoms in total. The molecule has 4 heterocycles. The number of carbonyl (C=O) groups excluding carboxylic acids is 1. The molecule has 3 aliphatic rings. The number of benzene rings is 1. The van der Waals surface area contributed by atoms with Gasteiger partial charge in [-0.2, -0.15) is 0 Å². The van der Waals surface area contributed by atoms with E-state index in [1.165, 1.54) is 5.56 Å². The number of nitrogens with one attached hydrogen (secondary N) is 2. The number of carbonyl (C=O) groups is 1. The molecule has 0 spiro atoms. The summed E-state index contributed by atoms with van der Waals surface area (Å²) in [5.74, 6) is 1.85. The first-order valence-corrected chi connectivity index (χ1v) is 13.8. The highest BCUT2D eigenvalue weighted by Crippen LogP contribution is 2.39. The SMILES string of the molecule is O=C(Cc1cccc(OCCN2CCNCC2)c1)N(c1nc(-c2c[nH]c3c2CCC=N3)cs1)C1CC1. The Kier molecular flexibility index (Phi) is 6.85. The van der Waals surface area contributed by atoms with Crippen LogP contribution in [0.2, 0.25) is 0 Å². The zero-order valence-corrected chi connectivity index (χ0v) is 21.2. The lowest BCUT2D eigenvalue weighted by Gasteiger charge is -2.26. The van der Waals surface area contributed by atoms with E-state index in [0.717, 1.165) is 91.9 Å². The first-order chi connectivity index (χ1) is 17.7. The Hall–Kier alpha value is -3.01. The number of ether oxygens (including phenoxy) is 1. The molecule has 0 bridgehead atoms. The third kappa shape index (κ3) is 5.23. The predicted molar refractivity (Wildman–Crippen MR) is 144 cm³/mol. The molecule has 2 aliphatic heterocycles. The lowest BCUT2D eigenvalue weighted by molar-refractivity contribution is -0.118. The minimum Gasteiger partial charge on any atom is -0.492 e. The number of nitrogens with zero attached hydrogens (tertiary/aromatic N) is 4. The molecule has 0 radical (unpaired) electrons. The average molecular weight is 505 g/mol. The van der Waals surface area contributed by atoms with Crippen molar-refractivity contribution in [2.45, 2.75) is 38.1 Å². The van der Waals surface area contributed by atoms with E-state index < -0.39 is 0 Å². The molecule has 1 saturated carbocycles. The van der Waals surface area contributed by atoms with E-state index in [-0.39, 0.29) is 11.9 Å². The van der Waals surface area contributed by atoms with Gasteiger partial charge in [0, 0.05) is 67.7 Å². The second-order valence-electron chi connectivity index (χ2n) is 9.65. The molecule has 6 rings (SSSR count). The summed E-state index contributed by atoms with van der Waals surface area (Å²) in [6.45, 7) is 5.78. The molecule has 2 aromatic heterocycles. The third-order valence-corrected chi connectivity index (χ3v) is 7.84. The maximum absolute atomic E-state index is 13.5. The minimum atomic E-state index is 0.0945. The van der Waals surface area contributed by atoms with Crippen molar-refractivity contribution in [3.05, 3.63) is 47.0 Å². The van der Waals surface area contributed by atoms with Gasteiger partial charge in [0.25, 0.3) is 0 Å². The number of thiazole rings is 1. The maximum Gasteiger partial charge on any atom is 0.233 e. The summed E-state index contributed by atoms with van der Waals surface area (Å²) < 4.78 is 6.02. The molecule has 36 heavy (non-hydrogen) atoms. The van der Waals surface area contributed by atoms with Crippen LogP contribution in [0.15, 0.2) is 40.8 Å². The van der Waals surface area contributed by atoms with Gasteiger partial charge in [0.15, 0.2) is 5.13 Å².